The lowest BCUT2D eigenvalue weighted by molar-refractivity contribution is -0.384. The van der Waals surface area contributed by atoms with Gasteiger partial charge in [0.05, 0.1) is 9.00 Å². The smallest absolute Gasteiger partial charge is 0.258 e. The largest absolute Gasteiger partial charge is 0.269 e. The topological polar surface area (TPSA) is 43.1 Å². The highest BCUT2D eigenvalue weighted by atomic mass is 32.2. The number of benzene rings is 3. The average Bonchev–Trinajstić information content (AvgIpc) is 3.36. The van der Waals surface area contributed by atoms with Crippen LogP contribution >= 0.6 is 23.5 Å². The predicted octanol–water partition coefficient (Wildman–Crippen LogP) is 6.36. The second-order valence-electron chi connectivity index (χ2n) is 6.25. The third-order valence-corrected chi connectivity index (χ3v) is 7.54. The van der Waals surface area contributed by atoms with E-state index in [-0.39, 0.29) is 14.7 Å². The zero-order valence-corrected chi connectivity index (χ0v) is 15.6. The van der Waals surface area contributed by atoms with Crippen molar-refractivity contribution in [2.24, 2.45) is 0 Å². The van der Waals surface area contributed by atoms with Crippen LogP contribution in [-0.2, 0) is 0 Å². The number of hydrogen-bond acceptors (Lipinski definition) is 4. The Hall–Kier alpha value is -2.24. The summed E-state index contributed by atoms with van der Waals surface area (Å²) in [6.45, 7) is 0. The molecule has 5 heteroatoms. The molecule has 0 amide bonds. The van der Waals surface area contributed by atoms with Gasteiger partial charge >= 0.3 is 0 Å². The number of non-ortho nitro benzene ring substituents is 1. The normalized spacial score (nSPS) is 17.6. The maximum Gasteiger partial charge on any atom is 0.269 e. The van der Waals surface area contributed by atoms with Gasteiger partial charge in [0, 0.05) is 27.8 Å². The van der Waals surface area contributed by atoms with Gasteiger partial charge in [-0.15, -0.1) is 23.5 Å². The molecule has 3 nitrogen and oxygen atoms in total. The Morgan fingerprint density at radius 1 is 0.808 bits per heavy atom. The Bertz CT molecular complexity index is 857. The minimum atomic E-state index is -0.346. The quantitative estimate of drug-likeness (QED) is 0.284. The number of nitro benzene ring substituents is 1. The predicted molar refractivity (Wildman–Crippen MR) is 108 cm³/mol. The first kappa shape index (κ1) is 17.2. The number of hydrogen-bond donors (Lipinski definition) is 0. The summed E-state index contributed by atoms with van der Waals surface area (Å²) in [5, 5.41) is 10.9. The monoisotopic (exact) mass is 379 g/mol. The molecule has 0 heterocycles. The molecule has 26 heavy (non-hydrogen) atoms. The highest BCUT2D eigenvalue weighted by Crippen LogP contribution is 2.69. The molecule has 0 radical (unpaired) electrons. The second kappa shape index (κ2) is 7.17. The summed E-state index contributed by atoms with van der Waals surface area (Å²) in [7, 11) is 0. The summed E-state index contributed by atoms with van der Waals surface area (Å²) in [5.41, 5.74) is 1.31. The molecule has 1 fully saturated rings. The summed E-state index contributed by atoms with van der Waals surface area (Å²) in [6.07, 6.45) is 1.05. The van der Waals surface area contributed by atoms with E-state index in [0.29, 0.717) is 5.92 Å². The van der Waals surface area contributed by atoms with Crippen LogP contribution in [0.15, 0.2) is 94.7 Å². The van der Waals surface area contributed by atoms with E-state index in [1.54, 1.807) is 12.1 Å². The van der Waals surface area contributed by atoms with E-state index in [0.717, 1.165) is 6.42 Å². The van der Waals surface area contributed by atoms with Crippen LogP contribution in [0.3, 0.4) is 0 Å². The molecule has 3 aromatic carbocycles. The SMILES string of the molecule is O=[N+]([O-])c1ccc([C@H]2CC2(Sc2ccccc2)Sc2ccccc2)cc1. The molecule has 1 atom stereocenters. The van der Waals surface area contributed by atoms with E-state index in [4.69, 9.17) is 0 Å². The maximum absolute atomic E-state index is 10.9. The van der Waals surface area contributed by atoms with E-state index in [1.807, 2.05) is 47.8 Å². The van der Waals surface area contributed by atoms with Crippen LogP contribution in [-0.4, -0.2) is 9.00 Å². The summed E-state index contributed by atoms with van der Waals surface area (Å²) in [4.78, 5) is 13.1. The molecule has 3 aromatic rings. The molecule has 0 bridgehead atoms. The van der Waals surface area contributed by atoms with E-state index in [9.17, 15) is 10.1 Å². The molecule has 1 saturated carbocycles. The molecule has 0 spiro atoms. The van der Waals surface area contributed by atoms with Crippen molar-refractivity contribution >= 4 is 29.2 Å². The van der Waals surface area contributed by atoms with E-state index in [2.05, 4.69) is 48.5 Å². The second-order valence-corrected chi connectivity index (χ2v) is 9.31. The van der Waals surface area contributed by atoms with Gasteiger partial charge in [-0.05, 0) is 36.2 Å². The van der Waals surface area contributed by atoms with Gasteiger partial charge in [-0.1, -0.05) is 48.5 Å². The molecule has 1 aliphatic rings. The molecule has 1 aliphatic carbocycles. The van der Waals surface area contributed by atoms with Crippen molar-refractivity contribution in [1.29, 1.82) is 0 Å². The molecule has 0 saturated heterocycles. The van der Waals surface area contributed by atoms with Gasteiger partial charge < -0.3 is 0 Å². The molecule has 0 aromatic heterocycles. The van der Waals surface area contributed by atoms with Gasteiger partial charge in [-0.2, -0.15) is 0 Å². The van der Waals surface area contributed by atoms with Gasteiger partial charge in [0.1, 0.15) is 0 Å². The Balaban J connectivity index is 1.61. The van der Waals surface area contributed by atoms with Crippen molar-refractivity contribution in [2.45, 2.75) is 26.2 Å². The molecule has 4 rings (SSSR count). The first-order valence-corrected chi connectivity index (χ1v) is 10.0. The minimum absolute atomic E-state index is 0.0266. The van der Waals surface area contributed by atoms with Crippen LogP contribution in [0, 0.1) is 10.1 Å². The molecule has 130 valence electrons. The lowest BCUT2D eigenvalue weighted by atomic mass is 10.1. The fourth-order valence-corrected chi connectivity index (χ4v) is 6.23. The Morgan fingerprint density at radius 3 is 1.77 bits per heavy atom. The Morgan fingerprint density at radius 2 is 1.31 bits per heavy atom. The fourth-order valence-electron chi connectivity index (χ4n) is 3.05. The first-order valence-electron chi connectivity index (χ1n) is 8.39. The van der Waals surface area contributed by atoms with Crippen LogP contribution in [0.25, 0.3) is 0 Å². The minimum Gasteiger partial charge on any atom is -0.258 e. The lowest BCUT2D eigenvalue weighted by Gasteiger charge is -2.17. The number of rotatable bonds is 6. The molecular weight excluding hydrogens is 362 g/mol. The average molecular weight is 380 g/mol. The van der Waals surface area contributed by atoms with Gasteiger partial charge in [-0.25, -0.2) is 0 Å². The van der Waals surface area contributed by atoms with Crippen LogP contribution in [0.4, 0.5) is 5.69 Å². The van der Waals surface area contributed by atoms with Gasteiger partial charge in [0.2, 0.25) is 0 Å². The third kappa shape index (κ3) is 3.64. The molecule has 0 N–H and O–H groups in total. The number of nitrogens with zero attached hydrogens (tertiary/aromatic N) is 1. The van der Waals surface area contributed by atoms with Crippen LogP contribution in [0.5, 0.6) is 0 Å². The van der Waals surface area contributed by atoms with Crippen molar-refractivity contribution in [3.05, 3.63) is 101 Å². The first-order chi connectivity index (χ1) is 12.7. The van der Waals surface area contributed by atoms with E-state index < -0.39 is 0 Å². The van der Waals surface area contributed by atoms with Crippen LogP contribution in [0.2, 0.25) is 0 Å². The van der Waals surface area contributed by atoms with Crippen molar-refractivity contribution < 1.29 is 4.92 Å². The van der Waals surface area contributed by atoms with Crippen molar-refractivity contribution in [3.63, 3.8) is 0 Å². The summed E-state index contributed by atoms with van der Waals surface area (Å²) >= 11 is 3.79. The van der Waals surface area contributed by atoms with Gasteiger partial charge in [0.25, 0.3) is 5.69 Å². The third-order valence-electron chi connectivity index (χ3n) is 4.43. The van der Waals surface area contributed by atoms with Crippen LogP contribution < -0.4 is 0 Å². The van der Waals surface area contributed by atoms with Gasteiger partial charge in [0.15, 0.2) is 0 Å². The molecular formula is C21H17NO2S2. The summed E-state index contributed by atoms with van der Waals surface area (Å²) < 4.78 is 0.0266. The standard InChI is InChI=1S/C21H17NO2S2/c23-22(24)17-13-11-16(12-14-17)20-15-21(20,25-18-7-3-1-4-8-18)26-19-9-5-2-6-10-19/h1-14,20H,15H2/t20-/m1/s1. The maximum atomic E-state index is 10.9. The Labute approximate surface area is 161 Å². The van der Waals surface area contributed by atoms with E-state index >= 15 is 0 Å². The van der Waals surface area contributed by atoms with Crippen LogP contribution in [0.1, 0.15) is 17.9 Å². The van der Waals surface area contributed by atoms with E-state index in [1.165, 1.54) is 15.4 Å². The zero-order valence-electron chi connectivity index (χ0n) is 13.9. The fraction of sp³-hybridized carbons (Fsp3) is 0.143. The zero-order chi connectivity index (χ0) is 18.0. The molecule has 0 unspecified atom stereocenters. The highest BCUT2D eigenvalue weighted by molar-refractivity contribution is 8.18. The van der Waals surface area contributed by atoms with Crippen molar-refractivity contribution in [1.82, 2.24) is 0 Å². The van der Waals surface area contributed by atoms with Crippen molar-refractivity contribution in [2.75, 3.05) is 0 Å². The lowest BCUT2D eigenvalue weighted by Crippen LogP contribution is -2.01. The molecule has 0 aliphatic heterocycles. The summed E-state index contributed by atoms with van der Waals surface area (Å²) in [6, 6.07) is 27.9. The van der Waals surface area contributed by atoms with Gasteiger partial charge in [-0.3, -0.25) is 10.1 Å². The highest BCUT2D eigenvalue weighted by Gasteiger charge is 2.56. The number of nitro groups is 1. The van der Waals surface area contributed by atoms with Crippen molar-refractivity contribution in [3.8, 4) is 0 Å². The summed E-state index contributed by atoms with van der Waals surface area (Å²) in [5.74, 6) is 0.374. The Kier molecular flexibility index (Phi) is 4.74. The number of thioether (sulfide) groups is 2.